The summed E-state index contributed by atoms with van der Waals surface area (Å²) in [7, 11) is 0. The number of nitrogens with two attached hydrogens (primary N) is 1. The van der Waals surface area contributed by atoms with Gasteiger partial charge < -0.3 is 5.73 Å². The van der Waals surface area contributed by atoms with E-state index in [9.17, 15) is 0 Å². The van der Waals surface area contributed by atoms with Gasteiger partial charge in [0, 0.05) is 10.0 Å². The fourth-order valence-electron chi connectivity index (χ4n) is 1.84. The first-order valence-corrected chi connectivity index (χ1v) is 6.32. The van der Waals surface area contributed by atoms with Gasteiger partial charge in [-0.15, -0.1) is 0 Å². The van der Waals surface area contributed by atoms with E-state index >= 15 is 0 Å². The SMILES string of the molecule is CCCC(C)C(C)(N)c1cccc(Br)c1. The van der Waals surface area contributed by atoms with Crippen LogP contribution in [0.15, 0.2) is 28.7 Å². The van der Waals surface area contributed by atoms with Crippen molar-refractivity contribution in [3.05, 3.63) is 34.3 Å². The highest BCUT2D eigenvalue weighted by Crippen LogP contribution is 2.30. The number of halogens is 1. The van der Waals surface area contributed by atoms with Crippen LogP contribution in [0.3, 0.4) is 0 Å². The summed E-state index contributed by atoms with van der Waals surface area (Å²) in [6.07, 6.45) is 2.35. The molecule has 0 aliphatic carbocycles. The molecule has 2 atom stereocenters. The highest BCUT2D eigenvalue weighted by Gasteiger charge is 2.27. The summed E-state index contributed by atoms with van der Waals surface area (Å²) in [4.78, 5) is 0. The molecule has 0 saturated carbocycles. The lowest BCUT2D eigenvalue weighted by Gasteiger charge is -2.32. The Kier molecular flexibility index (Phi) is 4.35. The maximum absolute atomic E-state index is 6.42. The standard InChI is InChI=1S/C13H20BrN/c1-4-6-10(2)13(3,15)11-7-5-8-12(14)9-11/h5,7-10H,4,6,15H2,1-3H3. The smallest absolute Gasteiger partial charge is 0.0407 e. The second-order valence-electron chi connectivity index (χ2n) is 4.48. The zero-order chi connectivity index (χ0) is 11.5. The van der Waals surface area contributed by atoms with Crippen molar-refractivity contribution in [3.8, 4) is 0 Å². The molecule has 0 radical (unpaired) electrons. The van der Waals surface area contributed by atoms with Gasteiger partial charge in [0.15, 0.2) is 0 Å². The van der Waals surface area contributed by atoms with Crippen LogP contribution < -0.4 is 5.73 Å². The molecule has 0 heterocycles. The summed E-state index contributed by atoms with van der Waals surface area (Å²) >= 11 is 3.49. The topological polar surface area (TPSA) is 26.0 Å². The molecule has 0 fully saturated rings. The number of rotatable bonds is 4. The van der Waals surface area contributed by atoms with E-state index in [0.29, 0.717) is 5.92 Å². The molecule has 2 heteroatoms. The molecular formula is C13H20BrN. The van der Waals surface area contributed by atoms with Gasteiger partial charge in [-0.25, -0.2) is 0 Å². The van der Waals surface area contributed by atoms with Crippen molar-refractivity contribution < 1.29 is 0 Å². The van der Waals surface area contributed by atoms with Gasteiger partial charge in [-0.05, 0) is 37.0 Å². The fourth-order valence-corrected chi connectivity index (χ4v) is 2.24. The van der Waals surface area contributed by atoms with Gasteiger partial charge in [-0.2, -0.15) is 0 Å². The lowest BCUT2D eigenvalue weighted by molar-refractivity contribution is 0.304. The minimum absolute atomic E-state index is 0.236. The lowest BCUT2D eigenvalue weighted by Crippen LogP contribution is -2.39. The Balaban J connectivity index is 2.94. The lowest BCUT2D eigenvalue weighted by atomic mass is 9.79. The molecule has 84 valence electrons. The molecule has 1 aromatic rings. The van der Waals surface area contributed by atoms with Gasteiger partial charge >= 0.3 is 0 Å². The molecule has 0 bridgehead atoms. The zero-order valence-corrected chi connectivity index (χ0v) is 11.3. The van der Waals surface area contributed by atoms with Crippen molar-refractivity contribution in [1.29, 1.82) is 0 Å². The molecule has 0 aliphatic rings. The molecule has 1 nitrogen and oxygen atoms in total. The van der Waals surface area contributed by atoms with E-state index in [4.69, 9.17) is 5.73 Å². The van der Waals surface area contributed by atoms with Crippen LogP contribution in [0.2, 0.25) is 0 Å². The molecule has 0 saturated heterocycles. The number of hydrogen-bond acceptors (Lipinski definition) is 1. The predicted molar refractivity (Wildman–Crippen MR) is 69.8 cm³/mol. The Labute approximate surface area is 101 Å². The first kappa shape index (κ1) is 12.7. The number of benzene rings is 1. The molecule has 0 spiro atoms. The Morgan fingerprint density at radius 3 is 2.67 bits per heavy atom. The van der Waals surface area contributed by atoms with Crippen LogP contribution in [0, 0.1) is 5.92 Å². The summed E-state index contributed by atoms with van der Waals surface area (Å²) in [5.41, 5.74) is 7.39. The van der Waals surface area contributed by atoms with Crippen molar-refractivity contribution in [1.82, 2.24) is 0 Å². The third-order valence-electron chi connectivity index (χ3n) is 3.19. The summed E-state index contributed by atoms with van der Waals surface area (Å²) in [5, 5.41) is 0. The van der Waals surface area contributed by atoms with Crippen LogP contribution >= 0.6 is 15.9 Å². The van der Waals surface area contributed by atoms with Gasteiger partial charge in [0.2, 0.25) is 0 Å². The Bertz CT molecular complexity index is 320. The van der Waals surface area contributed by atoms with Crippen LogP contribution in [0.1, 0.15) is 39.2 Å². The van der Waals surface area contributed by atoms with E-state index in [-0.39, 0.29) is 5.54 Å². The molecule has 1 rings (SSSR count). The third kappa shape index (κ3) is 3.05. The molecule has 1 aromatic carbocycles. The second-order valence-corrected chi connectivity index (χ2v) is 5.40. The van der Waals surface area contributed by atoms with Gasteiger partial charge in [-0.3, -0.25) is 0 Å². The van der Waals surface area contributed by atoms with Crippen molar-refractivity contribution >= 4 is 15.9 Å². The first-order chi connectivity index (χ1) is 6.98. The van der Waals surface area contributed by atoms with E-state index < -0.39 is 0 Å². The summed E-state index contributed by atoms with van der Waals surface area (Å²) in [5.74, 6) is 0.497. The molecule has 0 aromatic heterocycles. The van der Waals surface area contributed by atoms with Crippen LogP contribution in [-0.4, -0.2) is 0 Å². The van der Waals surface area contributed by atoms with Crippen molar-refractivity contribution in [2.24, 2.45) is 11.7 Å². The van der Waals surface area contributed by atoms with Gasteiger partial charge in [0.25, 0.3) is 0 Å². The highest BCUT2D eigenvalue weighted by atomic mass is 79.9. The highest BCUT2D eigenvalue weighted by molar-refractivity contribution is 9.10. The maximum atomic E-state index is 6.42. The summed E-state index contributed by atoms with van der Waals surface area (Å²) in [6.45, 7) is 6.55. The van der Waals surface area contributed by atoms with Gasteiger partial charge in [-0.1, -0.05) is 48.3 Å². The van der Waals surface area contributed by atoms with Gasteiger partial charge in [0.1, 0.15) is 0 Å². The van der Waals surface area contributed by atoms with E-state index in [1.54, 1.807) is 0 Å². The third-order valence-corrected chi connectivity index (χ3v) is 3.69. The normalized spacial score (nSPS) is 17.1. The maximum Gasteiger partial charge on any atom is 0.0407 e. The minimum atomic E-state index is -0.236. The fraction of sp³-hybridized carbons (Fsp3) is 0.538. The summed E-state index contributed by atoms with van der Waals surface area (Å²) in [6, 6.07) is 8.30. The first-order valence-electron chi connectivity index (χ1n) is 5.53. The predicted octanol–water partition coefficient (Wildman–Crippen LogP) is 4.06. The molecule has 2 N–H and O–H groups in total. The molecule has 0 aliphatic heterocycles. The van der Waals surface area contributed by atoms with E-state index in [1.807, 2.05) is 12.1 Å². The van der Waals surface area contributed by atoms with Crippen LogP contribution in [-0.2, 0) is 5.54 Å². The Hall–Kier alpha value is -0.340. The Morgan fingerprint density at radius 1 is 1.47 bits per heavy atom. The molecule has 15 heavy (non-hydrogen) atoms. The zero-order valence-electron chi connectivity index (χ0n) is 9.76. The van der Waals surface area contributed by atoms with Crippen LogP contribution in [0.5, 0.6) is 0 Å². The minimum Gasteiger partial charge on any atom is -0.321 e. The van der Waals surface area contributed by atoms with E-state index in [2.05, 4.69) is 48.8 Å². The number of hydrogen-bond donors (Lipinski definition) is 1. The summed E-state index contributed by atoms with van der Waals surface area (Å²) < 4.78 is 1.10. The second kappa shape index (κ2) is 5.13. The van der Waals surface area contributed by atoms with Crippen LogP contribution in [0.4, 0.5) is 0 Å². The monoisotopic (exact) mass is 269 g/mol. The Morgan fingerprint density at radius 2 is 2.13 bits per heavy atom. The molecule has 0 amide bonds. The van der Waals surface area contributed by atoms with Crippen LogP contribution in [0.25, 0.3) is 0 Å². The molecular weight excluding hydrogens is 250 g/mol. The van der Waals surface area contributed by atoms with Crippen molar-refractivity contribution in [2.75, 3.05) is 0 Å². The van der Waals surface area contributed by atoms with Crippen molar-refractivity contribution in [2.45, 2.75) is 39.2 Å². The largest absolute Gasteiger partial charge is 0.321 e. The van der Waals surface area contributed by atoms with Crippen molar-refractivity contribution in [3.63, 3.8) is 0 Å². The average molecular weight is 270 g/mol. The van der Waals surface area contributed by atoms with E-state index in [0.717, 1.165) is 4.47 Å². The quantitative estimate of drug-likeness (QED) is 0.877. The molecule has 2 unspecified atom stereocenters. The van der Waals surface area contributed by atoms with E-state index in [1.165, 1.54) is 18.4 Å². The van der Waals surface area contributed by atoms with Gasteiger partial charge in [0.05, 0.1) is 0 Å². The average Bonchev–Trinajstić information content (AvgIpc) is 2.18.